The summed E-state index contributed by atoms with van der Waals surface area (Å²) in [5.74, 6) is 0.00377. The number of aryl methyl sites for hydroxylation is 2. The quantitative estimate of drug-likeness (QED) is 0.874. The van der Waals surface area contributed by atoms with Crippen molar-refractivity contribution in [2.45, 2.75) is 26.8 Å². The van der Waals surface area contributed by atoms with E-state index in [4.69, 9.17) is 11.6 Å². The Labute approximate surface area is 136 Å². The molecule has 2 aromatic carbocycles. The number of anilines is 1. The number of rotatable bonds is 5. The lowest BCUT2D eigenvalue weighted by atomic mass is 10.1. The summed E-state index contributed by atoms with van der Waals surface area (Å²) >= 11 is 5.88. The van der Waals surface area contributed by atoms with Crippen molar-refractivity contribution in [3.63, 3.8) is 0 Å². The van der Waals surface area contributed by atoms with Gasteiger partial charge >= 0.3 is 0 Å². The minimum atomic E-state index is 0.00377. The van der Waals surface area contributed by atoms with Crippen LogP contribution in [0.25, 0.3) is 0 Å². The molecule has 0 aliphatic carbocycles. The van der Waals surface area contributed by atoms with Gasteiger partial charge in [0.15, 0.2) is 6.54 Å². The molecule has 116 valence electrons. The summed E-state index contributed by atoms with van der Waals surface area (Å²) in [5, 5.41) is 5.67. The molecule has 3 N–H and O–H groups in total. The van der Waals surface area contributed by atoms with Crippen LogP contribution in [0.15, 0.2) is 42.5 Å². The fourth-order valence-electron chi connectivity index (χ4n) is 2.22. The third kappa shape index (κ3) is 4.58. The molecule has 0 saturated carbocycles. The van der Waals surface area contributed by atoms with Crippen molar-refractivity contribution in [3.05, 3.63) is 64.2 Å². The molecule has 1 atom stereocenters. The molecule has 0 unspecified atom stereocenters. The lowest BCUT2D eigenvalue weighted by Gasteiger charge is -2.12. The SMILES string of the molecule is Cc1ccc(NC(=O)C[NH2+][C@@H](C)c2ccc(Cl)cc2)cc1C. The monoisotopic (exact) mass is 317 g/mol. The van der Waals surface area contributed by atoms with Gasteiger partial charge in [-0.25, -0.2) is 0 Å². The lowest BCUT2D eigenvalue weighted by Crippen LogP contribution is -2.86. The maximum atomic E-state index is 12.0. The molecular weight excluding hydrogens is 296 g/mol. The first kappa shape index (κ1) is 16.5. The molecule has 0 aromatic heterocycles. The largest absolute Gasteiger partial charge is 0.333 e. The van der Waals surface area contributed by atoms with Gasteiger partial charge in [-0.2, -0.15) is 0 Å². The van der Waals surface area contributed by atoms with Gasteiger partial charge in [-0.05, 0) is 56.2 Å². The predicted molar refractivity (Wildman–Crippen MR) is 91.2 cm³/mol. The Bertz CT molecular complexity index is 653. The standard InChI is InChI=1S/C18H21ClN2O/c1-12-4-9-17(10-13(12)2)21-18(22)11-20-14(3)15-5-7-16(19)8-6-15/h4-10,14,20H,11H2,1-3H3,(H,21,22)/p+1/t14-/m0/s1. The van der Waals surface area contributed by atoms with Crippen molar-refractivity contribution in [1.29, 1.82) is 0 Å². The second-order valence-electron chi connectivity index (χ2n) is 5.63. The van der Waals surface area contributed by atoms with Crippen molar-refractivity contribution in [3.8, 4) is 0 Å². The fraction of sp³-hybridized carbons (Fsp3) is 0.278. The highest BCUT2D eigenvalue weighted by atomic mass is 35.5. The van der Waals surface area contributed by atoms with Crippen molar-refractivity contribution in [2.24, 2.45) is 0 Å². The summed E-state index contributed by atoms with van der Waals surface area (Å²) in [6.07, 6.45) is 0. The van der Waals surface area contributed by atoms with E-state index in [0.717, 1.165) is 16.3 Å². The molecule has 0 saturated heterocycles. The average Bonchev–Trinajstić information content (AvgIpc) is 2.49. The van der Waals surface area contributed by atoms with Gasteiger partial charge in [0.2, 0.25) is 0 Å². The van der Waals surface area contributed by atoms with E-state index in [1.165, 1.54) is 11.1 Å². The Balaban J connectivity index is 1.86. The minimum Gasteiger partial charge on any atom is -0.333 e. The molecule has 0 aliphatic heterocycles. The Hall–Kier alpha value is -1.84. The van der Waals surface area contributed by atoms with Gasteiger partial charge in [-0.3, -0.25) is 4.79 Å². The zero-order valence-corrected chi connectivity index (χ0v) is 13.9. The Morgan fingerprint density at radius 1 is 1.14 bits per heavy atom. The summed E-state index contributed by atoms with van der Waals surface area (Å²) in [6, 6.07) is 13.9. The van der Waals surface area contributed by atoms with E-state index < -0.39 is 0 Å². The van der Waals surface area contributed by atoms with Crippen LogP contribution in [0.5, 0.6) is 0 Å². The third-order valence-electron chi connectivity index (χ3n) is 3.84. The molecule has 22 heavy (non-hydrogen) atoms. The maximum Gasteiger partial charge on any atom is 0.279 e. The molecule has 4 heteroatoms. The van der Waals surface area contributed by atoms with Gasteiger partial charge < -0.3 is 10.6 Å². The van der Waals surface area contributed by atoms with E-state index in [9.17, 15) is 4.79 Å². The van der Waals surface area contributed by atoms with Gasteiger partial charge in [0, 0.05) is 16.3 Å². The van der Waals surface area contributed by atoms with E-state index in [-0.39, 0.29) is 11.9 Å². The van der Waals surface area contributed by atoms with Crippen LogP contribution in [0.2, 0.25) is 5.02 Å². The third-order valence-corrected chi connectivity index (χ3v) is 4.10. The highest BCUT2D eigenvalue weighted by Crippen LogP contribution is 2.14. The smallest absolute Gasteiger partial charge is 0.279 e. The second-order valence-corrected chi connectivity index (χ2v) is 6.06. The Kier molecular flexibility index (Phi) is 5.58. The number of nitrogens with two attached hydrogens (primary N) is 1. The zero-order chi connectivity index (χ0) is 16.1. The van der Waals surface area contributed by atoms with E-state index >= 15 is 0 Å². The maximum absolute atomic E-state index is 12.0. The molecule has 0 fully saturated rings. The van der Waals surface area contributed by atoms with Crippen LogP contribution < -0.4 is 10.6 Å². The van der Waals surface area contributed by atoms with Crippen LogP contribution in [0.4, 0.5) is 5.69 Å². The van der Waals surface area contributed by atoms with Crippen molar-refractivity contribution in [1.82, 2.24) is 0 Å². The molecular formula is C18H22ClN2O+. The van der Waals surface area contributed by atoms with Crippen LogP contribution in [0.3, 0.4) is 0 Å². The van der Waals surface area contributed by atoms with E-state index in [0.29, 0.717) is 6.54 Å². The number of nitrogens with one attached hydrogen (secondary N) is 1. The highest BCUT2D eigenvalue weighted by Gasteiger charge is 2.11. The Morgan fingerprint density at radius 2 is 1.82 bits per heavy atom. The number of carbonyl (C=O) groups excluding carboxylic acids is 1. The number of quaternary nitrogens is 1. The molecule has 0 bridgehead atoms. The molecule has 0 heterocycles. The van der Waals surface area contributed by atoms with Gasteiger partial charge in [-0.15, -0.1) is 0 Å². The molecule has 1 amide bonds. The first-order valence-corrected chi connectivity index (χ1v) is 7.79. The van der Waals surface area contributed by atoms with Gasteiger partial charge in [0.05, 0.1) is 0 Å². The summed E-state index contributed by atoms with van der Waals surface area (Å²) in [6.45, 7) is 6.56. The Morgan fingerprint density at radius 3 is 2.45 bits per heavy atom. The van der Waals surface area contributed by atoms with Crippen LogP contribution >= 0.6 is 11.6 Å². The molecule has 0 aliphatic rings. The number of benzene rings is 2. The van der Waals surface area contributed by atoms with Crippen molar-refractivity contribution in [2.75, 3.05) is 11.9 Å². The topological polar surface area (TPSA) is 45.7 Å². The van der Waals surface area contributed by atoms with Crippen molar-refractivity contribution >= 4 is 23.2 Å². The molecule has 3 nitrogen and oxygen atoms in total. The highest BCUT2D eigenvalue weighted by molar-refractivity contribution is 6.30. The lowest BCUT2D eigenvalue weighted by molar-refractivity contribution is -0.682. The number of hydrogen-bond acceptors (Lipinski definition) is 1. The van der Waals surface area contributed by atoms with E-state index in [2.05, 4.69) is 19.2 Å². The summed E-state index contributed by atoms with van der Waals surface area (Å²) in [4.78, 5) is 12.0. The van der Waals surface area contributed by atoms with Crippen molar-refractivity contribution < 1.29 is 10.1 Å². The normalized spacial score (nSPS) is 12.0. The first-order chi connectivity index (χ1) is 10.5. The molecule has 2 aromatic rings. The van der Waals surface area contributed by atoms with Gasteiger partial charge in [-0.1, -0.05) is 29.8 Å². The predicted octanol–water partition coefficient (Wildman–Crippen LogP) is 3.22. The number of carbonyl (C=O) groups is 1. The fourth-order valence-corrected chi connectivity index (χ4v) is 2.34. The summed E-state index contributed by atoms with van der Waals surface area (Å²) in [5.41, 5.74) is 4.40. The average molecular weight is 318 g/mol. The molecule has 0 spiro atoms. The van der Waals surface area contributed by atoms with Crippen LogP contribution in [-0.2, 0) is 4.79 Å². The van der Waals surface area contributed by atoms with Gasteiger partial charge in [0.25, 0.3) is 5.91 Å². The van der Waals surface area contributed by atoms with Crippen LogP contribution in [-0.4, -0.2) is 12.5 Å². The van der Waals surface area contributed by atoms with E-state index in [1.54, 1.807) is 0 Å². The summed E-state index contributed by atoms with van der Waals surface area (Å²) < 4.78 is 0. The van der Waals surface area contributed by atoms with Gasteiger partial charge in [0.1, 0.15) is 6.04 Å². The molecule has 2 rings (SSSR count). The minimum absolute atomic E-state index is 0.00377. The van der Waals surface area contributed by atoms with Crippen LogP contribution in [0.1, 0.15) is 29.7 Å². The number of amides is 1. The number of hydrogen-bond donors (Lipinski definition) is 2. The van der Waals surface area contributed by atoms with Crippen LogP contribution in [0, 0.1) is 13.8 Å². The second kappa shape index (κ2) is 7.43. The molecule has 0 radical (unpaired) electrons. The summed E-state index contributed by atoms with van der Waals surface area (Å²) in [7, 11) is 0. The number of halogens is 1. The first-order valence-electron chi connectivity index (χ1n) is 7.41. The van der Waals surface area contributed by atoms with E-state index in [1.807, 2.05) is 54.7 Å². The zero-order valence-electron chi connectivity index (χ0n) is 13.2.